The van der Waals surface area contributed by atoms with Gasteiger partial charge in [0.15, 0.2) is 0 Å². The molecule has 0 aromatic carbocycles. The van der Waals surface area contributed by atoms with Gasteiger partial charge in [0.25, 0.3) is 0 Å². The predicted octanol–water partition coefficient (Wildman–Crippen LogP) is 2.64. The molecule has 1 unspecified atom stereocenters. The summed E-state index contributed by atoms with van der Waals surface area (Å²) in [5.74, 6) is 1.04. The lowest BCUT2D eigenvalue weighted by molar-refractivity contribution is 0.429. The van der Waals surface area contributed by atoms with Crippen molar-refractivity contribution in [2.24, 2.45) is 5.92 Å². The van der Waals surface area contributed by atoms with Crippen LogP contribution >= 0.6 is 0 Å². The summed E-state index contributed by atoms with van der Waals surface area (Å²) in [4.78, 5) is 0. The van der Waals surface area contributed by atoms with Crippen molar-refractivity contribution in [3.05, 3.63) is 46.3 Å². The standard InChI is InChI=1S/C11H10O/c1-6-2-3-8-9-4-7(11(6)8)5-10(9)12/h2-3,5-6,12H,4H2,1H3. The van der Waals surface area contributed by atoms with E-state index in [0.717, 1.165) is 12.0 Å². The van der Waals surface area contributed by atoms with E-state index in [2.05, 4.69) is 19.1 Å². The van der Waals surface area contributed by atoms with E-state index in [4.69, 9.17) is 0 Å². The molecule has 1 heteroatoms. The lowest BCUT2D eigenvalue weighted by Crippen LogP contribution is -1.94. The summed E-state index contributed by atoms with van der Waals surface area (Å²) in [5, 5.41) is 9.49. The second-order valence-electron chi connectivity index (χ2n) is 3.69. The minimum Gasteiger partial charge on any atom is -0.508 e. The van der Waals surface area contributed by atoms with Gasteiger partial charge in [-0.05, 0) is 22.8 Å². The summed E-state index contributed by atoms with van der Waals surface area (Å²) in [5.41, 5.74) is 5.20. The molecule has 0 saturated carbocycles. The fourth-order valence-corrected chi connectivity index (χ4v) is 2.39. The molecule has 3 aliphatic rings. The molecule has 12 heavy (non-hydrogen) atoms. The van der Waals surface area contributed by atoms with Crippen LogP contribution in [0, 0.1) is 5.92 Å². The maximum Gasteiger partial charge on any atom is 0.120 e. The Hall–Kier alpha value is -1.24. The minimum absolute atomic E-state index is 0.488. The number of fused-ring (bicyclic) bond motifs is 4. The highest BCUT2D eigenvalue weighted by molar-refractivity contribution is 5.69. The first-order chi connectivity index (χ1) is 5.77. The highest BCUT2D eigenvalue weighted by Gasteiger charge is 2.34. The third-order valence-corrected chi connectivity index (χ3v) is 2.96. The third-order valence-electron chi connectivity index (χ3n) is 2.96. The highest BCUT2D eigenvalue weighted by atomic mass is 16.3. The van der Waals surface area contributed by atoms with Gasteiger partial charge in [-0.2, -0.15) is 0 Å². The smallest absolute Gasteiger partial charge is 0.120 e. The number of hydrogen-bond acceptors (Lipinski definition) is 1. The second kappa shape index (κ2) is 1.74. The summed E-state index contributed by atoms with van der Waals surface area (Å²) >= 11 is 0. The Morgan fingerprint density at radius 3 is 3.17 bits per heavy atom. The Kier molecular flexibility index (Phi) is 0.912. The molecule has 0 heterocycles. The highest BCUT2D eigenvalue weighted by Crippen LogP contribution is 2.49. The molecular formula is C11H10O. The normalized spacial score (nSPS) is 30.4. The topological polar surface area (TPSA) is 20.2 Å². The van der Waals surface area contributed by atoms with Crippen LogP contribution in [-0.4, -0.2) is 5.11 Å². The van der Waals surface area contributed by atoms with Crippen LogP contribution in [-0.2, 0) is 0 Å². The molecule has 60 valence electrons. The van der Waals surface area contributed by atoms with Gasteiger partial charge in [0.1, 0.15) is 5.76 Å². The van der Waals surface area contributed by atoms with Crippen LogP contribution in [0.15, 0.2) is 46.3 Å². The summed E-state index contributed by atoms with van der Waals surface area (Å²) in [6.07, 6.45) is 7.23. The monoisotopic (exact) mass is 158 g/mol. The second-order valence-corrected chi connectivity index (χ2v) is 3.69. The molecule has 1 N–H and O–H groups in total. The van der Waals surface area contributed by atoms with Crippen LogP contribution in [0.5, 0.6) is 0 Å². The van der Waals surface area contributed by atoms with Gasteiger partial charge >= 0.3 is 0 Å². The van der Waals surface area contributed by atoms with Crippen molar-refractivity contribution in [1.82, 2.24) is 0 Å². The summed E-state index contributed by atoms with van der Waals surface area (Å²) < 4.78 is 0. The first-order valence-electron chi connectivity index (χ1n) is 4.33. The van der Waals surface area contributed by atoms with Crippen molar-refractivity contribution in [3.8, 4) is 0 Å². The van der Waals surface area contributed by atoms with Gasteiger partial charge in [0.2, 0.25) is 0 Å². The van der Waals surface area contributed by atoms with E-state index in [-0.39, 0.29) is 0 Å². The van der Waals surface area contributed by atoms with Crippen molar-refractivity contribution in [2.45, 2.75) is 13.3 Å². The average molecular weight is 158 g/mol. The van der Waals surface area contributed by atoms with Gasteiger partial charge in [-0.1, -0.05) is 19.1 Å². The first-order valence-corrected chi connectivity index (χ1v) is 4.33. The number of allylic oxidation sites excluding steroid dienone is 7. The average Bonchev–Trinajstić information content (AvgIpc) is 2.62. The van der Waals surface area contributed by atoms with Gasteiger partial charge in [0.05, 0.1) is 0 Å². The number of aliphatic hydroxyl groups excluding tert-OH is 1. The Labute approximate surface area is 71.4 Å². The lowest BCUT2D eigenvalue weighted by Gasteiger charge is -2.07. The SMILES string of the molecule is CC1C=CC2=C1C1=CC(O)=C2C1. The van der Waals surface area contributed by atoms with Crippen molar-refractivity contribution in [1.29, 1.82) is 0 Å². The molecular weight excluding hydrogens is 148 g/mol. The summed E-state index contributed by atoms with van der Waals surface area (Å²) in [6, 6.07) is 0. The number of aliphatic hydroxyl groups is 1. The molecule has 0 aromatic rings. The summed E-state index contributed by atoms with van der Waals surface area (Å²) in [6.45, 7) is 2.21. The Morgan fingerprint density at radius 1 is 1.50 bits per heavy atom. The fraction of sp³-hybridized carbons (Fsp3) is 0.273. The van der Waals surface area contributed by atoms with Crippen LogP contribution < -0.4 is 0 Å². The van der Waals surface area contributed by atoms with Gasteiger partial charge in [-0.25, -0.2) is 0 Å². The van der Waals surface area contributed by atoms with Crippen LogP contribution in [0.3, 0.4) is 0 Å². The molecule has 3 aliphatic carbocycles. The number of rotatable bonds is 0. The van der Waals surface area contributed by atoms with Gasteiger partial charge in [-0.15, -0.1) is 0 Å². The zero-order chi connectivity index (χ0) is 8.29. The Bertz CT molecular complexity index is 391. The van der Waals surface area contributed by atoms with Crippen LogP contribution in [0.25, 0.3) is 0 Å². The van der Waals surface area contributed by atoms with Gasteiger partial charge < -0.3 is 5.11 Å². The van der Waals surface area contributed by atoms with E-state index in [0.29, 0.717) is 11.7 Å². The van der Waals surface area contributed by atoms with E-state index < -0.39 is 0 Å². The maximum absolute atomic E-state index is 9.49. The maximum atomic E-state index is 9.49. The molecule has 1 nitrogen and oxygen atoms in total. The lowest BCUT2D eigenvalue weighted by atomic mass is 9.97. The third kappa shape index (κ3) is 0.523. The zero-order valence-corrected chi connectivity index (χ0v) is 6.96. The van der Waals surface area contributed by atoms with Crippen molar-refractivity contribution >= 4 is 0 Å². The van der Waals surface area contributed by atoms with Crippen molar-refractivity contribution < 1.29 is 5.11 Å². The summed E-state index contributed by atoms with van der Waals surface area (Å²) in [7, 11) is 0. The van der Waals surface area contributed by atoms with E-state index in [1.807, 2.05) is 6.08 Å². The molecule has 0 fully saturated rings. The van der Waals surface area contributed by atoms with E-state index in [1.165, 1.54) is 16.7 Å². The molecule has 2 bridgehead atoms. The molecule has 1 atom stereocenters. The van der Waals surface area contributed by atoms with Crippen molar-refractivity contribution in [3.63, 3.8) is 0 Å². The zero-order valence-electron chi connectivity index (χ0n) is 6.96. The van der Waals surface area contributed by atoms with E-state index >= 15 is 0 Å². The molecule has 0 radical (unpaired) electrons. The van der Waals surface area contributed by atoms with E-state index in [9.17, 15) is 5.11 Å². The Morgan fingerprint density at radius 2 is 2.33 bits per heavy atom. The Balaban J connectivity index is 2.26. The van der Waals surface area contributed by atoms with Crippen LogP contribution in [0.1, 0.15) is 13.3 Å². The van der Waals surface area contributed by atoms with Crippen LogP contribution in [0.2, 0.25) is 0 Å². The molecule has 0 aliphatic heterocycles. The molecule has 0 saturated heterocycles. The fourth-order valence-electron chi connectivity index (χ4n) is 2.39. The van der Waals surface area contributed by atoms with Gasteiger partial charge in [0, 0.05) is 17.9 Å². The van der Waals surface area contributed by atoms with E-state index in [1.54, 1.807) is 0 Å². The molecule has 0 spiro atoms. The first kappa shape index (κ1) is 6.30. The minimum atomic E-state index is 0.488. The molecule has 0 aromatic heterocycles. The molecule has 0 amide bonds. The number of hydrogen-bond donors (Lipinski definition) is 1. The predicted molar refractivity (Wildman–Crippen MR) is 47.7 cm³/mol. The van der Waals surface area contributed by atoms with Crippen LogP contribution in [0.4, 0.5) is 0 Å². The molecule has 3 rings (SSSR count). The van der Waals surface area contributed by atoms with Gasteiger partial charge in [-0.3, -0.25) is 0 Å². The largest absolute Gasteiger partial charge is 0.508 e. The van der Waals surface area contributed by atoms with Crippen molar-refractivity contribution in [2.75, 3.05) is 0 Å². The quantitative estimate of drug-likeness (QED) is 0.574.